The molecule has 19 heavy (non-hydrogen) atoms. The number of hydrogen-bond acceptors (Lipinski definition) is 2. The molecule has 1 aromatic carbocycles. The molecule has 0 saturated heterocycles. The van der Waals surface area contributed by atoms with Crippen LogP contribution in [0.15, 0.2) is 18.2 Å². The lowest BCUT2D eigenvalue weighted by molar-refractivity contribution is 0.360. The first-order valence-electron chi connectivity index (χ1n) is 7.84. The Hall–Kier alpha value is -1.02. The van der Waals surface area contributed by atoms with E-state index in [1.165, 1.54) is 49.7 Å². The van der Waals surface area contributed by atoms with E-state index < -0.39 is 0 Å². The molecule has 2 nitrogen and oxygen atoms in total. The fourth-order valence-corrected chi connectivity index (χ4v) is 3.35. The fraction of sp³-hybridized carbons (Fsp3) is 0.647. The van der Waals surface area contributed by atoms with Crippen LogP contribution in [0.5, 0.6) is 5.75 Å². The second-order valence-corrected chi connectivity index (χ2v) is 6.28. The molecule has 0 heterocycles. The third-order valence-electron chi connectivity index (χ3n) is 4.69. The Bertz CT molecular complexity index is 439. The minimum atomic E-state index is 0.405. The molecule has 0 spiro atoms. The van der Waals surface area contributed by atoms with E-state index >= 15 is 0 Å². The molecule has 0 aromatic heterocycles. The van der Waals surface area contributed by atoms with Crippen molar-refractivity contribution in [1.82, 2.24) is 5.32 Å². The highest BCUT2D eigenvalue weighted by atomic mass is 16.3. The van der Waals surface area contributed by atoms with Gasteiger partial charge >= 0.3 is 0 Å². The molecule has 1 fully saturated rings. The van der Waals surface area contributed by atoms with Crippen molar-refractivity contribution in [3.63, 3.8) is 0 Å². The molecule has 2 unspecified atom stereocenters. The van der Waals surface area contributed by atoms with Crippen LogP contribution in [0.1, 0.15) is 62.6 Å². The molecule has 2 heteroatoms. The minimum Gasteiger partial charge on any atom is -0.508 e. The molecule has 0 amide bonds. The van der Waals surface area contributed by atoms with Crippen LogP contribution >= 0.6 is 0 Å². The zero-order valence-electron chi connectivity index (χ0n) is 11.9. The zero-order valence-corrected chi connectivity index (χ0v) is 11.9. The molecule has 104 valence electrons. The molecule has 2 aliphatic carbocycles. The molecule has 0 aliphatic heterocycles. The van der Waals surface area contributed by atoms with Crippen molar-refractivity contribution in [1.29, 1.82) is 0 Å². The maximum absolute atomic E-state index is 9.72. The lowest BCUT2D eigenvalue weighted by Crippen LogP contribution is -2.34. The van der Waals surface area contributed by atoms with Gasteiger partial charge in [0.25, 0.3) is 0 Å². The topological polar surface area (TPSA) is 32.3 Å². The quantitative estimate of drug-likeness (QED) is 0.839. The Morgan fingerprint density at radius 3 is 2.89 bits per heavy atom. The van der Waals surface area contributed by atoms with Crippen molar-refractivity contribution in [3.8, 4) is 5.75 Å². The number of benzene rings is 1. The molecule has 2 N–H and O–H groups in total. The number of hydrogen-bond donors (Lipinski definition) is 2. The molecule has 0 bridgehead atoms. The SMILES string of the molecule is CCC(CC1CC1)NC1CCCc2ccc(O)cc21. The highest BCUT2D eigenvalue weighted by molar-refractivity contribution is 5.38. The van der Waals surface area contributed by atoms with Gasteiger partial charge in [0, 0.05) is 12.1 Å². The number of aromatic hydroxyl groups is 1. The van der Waals surface area contributed by atoms with Gasteiger partial charge in [0.1, 0.15) is 5.75 Å². The Morgan fingerprint density at radius 1 is 1.32 bits per heavy atom. The summed E-state index contributed by atoms with van der Waals surface area (Å²) in [5, 5.41) is 13.6. The third kappa shape index (κ3) is 3.11. The van der Waals surface area contributed by atoms with Gasteiger partial charge in [-0.2, -0.15) is 0 Å². The molecule has 1 aromatic rings. The normalized spacial score (nSPS) is 23.9. The van der Waals surface area contributed by atoms with Gasteiger partial charge < -0.3 is 10.4 Å². The van der Waals surface area contributed by atoms with Crippen LogP contribution in [-0.4, -0.2) is 11.1 Å². The van der Waals surface area contributed by atoms with E-state index in [9.17, 15) is 5.11 Å². The first-order valence-corrected chi connectivity index (χ1v) is 7.84. The Kier molecular flexibility index (Phi) is 3.79. The van der Waals surface area contributed by atoms with Crippen LogP contribution in [0.2, 0.25) is 0 Å². The maximum atomic E-state index is 9.72. The third-order valence-corrected chi connectivity index (χ3v) is 4.69. The van der Waals surface area contributed by atoms with Gasteiger partial charge in [0.05, 0.1) is 0 Å². The summed E-state index contributed by atoms with van der Waals surface area (Å²) in [4.78, 5) is 0. The summed E-state index contributed by atoms with van der Waals surface area (Å²) in [6, 6.07) is 6.98. The largest absolute Gasteiger partial charge is 0.508 e. The average molecular weight is 259 g/mol. The van der Waals surface area contributed by atoms with Crippen LogP contribution < -0.4 is 5.32 Å². The van der Waals surface area contributed by atoms with Gasteiger partial charge in [-0.15, -0.1) is 0 Å². The van der Waals surface area contributed by atoms with E-state index in [2.05, 4.69) is 18.3 Å². The Balaban J connectivity index is 1.72. The first-order chi connectivity index (χ1) is 9.26. The van der Waals surface area contributed by atoms with Gasteiger partial charge in [-0.3, -0.25) is 0 Å². The summed E-state index contributed by atoms with van der Waals surface area (Å²) >= 11 is 0. The van der Waals surface area contributed by atoms with E-state index in [4.69, 9.17) is 0 Å². The van der Waals surface area contributed by atoms with Gasteiger partial charge in [0.2, 0.25) is 0 Å². The number of aryl methyl sites for hydroxylation is 1. The van der Waals surface area contributed by atoms with Crippen molar-refractivity contribution in [2.75, 3.05) is 0 Å². The summed E-state index contributed by atoms with van der Waals surface area (Å²) in [6.45, 7) is 2.28. The van der Waals surface area contributed by atoms with E-state index in [0.717, 1.165) is 12.3 Å². The van der Waals surface area contributed by atoms with Gasteiger partial charge in [-0.1, -0.05) is 25.8 Å². The van der Waals surface area contributed by atoms with E-state index in [0.29, 0.717) is 17.8 Å². The highest BCUT2D eigenvalue weighted by Crippen LogP contribution is 2.36. The molecule has 2 atom stereocenters. The summed E-state index contributed by atoms with van der Waals surface area (Å²) in [6.07, 6.45) is 9.03. The number of fused-ring (bicyclic) bond motifs is 1. The lowest BCUT2D eigenvalue weighted by atomic mass is 9.86. The lowest BCUT2D eigenvalue weighted by Gasteiger charge is -2.30. The minimum absolute atomic E-state index is 0.405. The summed E-state index contributed by atoms with van der Waals surface area (Å²) in [5.41, 5.74) is 2.75. The standard InChI is InChI=1S/C17H25NO/c1-2-14(10-12-6-7-12)18-17-5-3-4-13-8-9-15(19)11-16(13)17/h8-9,11-12,14,17-19H,2-7,10H2,1H3. The van der Waals surface area contributed by atoms with Gasteiger partial charge in [-0.25, -0.2) is 0 Å². The van der Waals surface area contributed by atoms with Crippen LogP contribution in [0.4, 0.5) is 0 Å². The average Bonchev–Trinajstić information content (AvgIpc) is 3.22. The molecule has 0 radical (unpaired) electrons. The predicted octanol–water partition coefficient (Wildman–Crippen LogP) is 3.94. The van der Waals surface area contributed by atoms with Crippen molar-refractivity contribution < 1.29 is 5.11 Å². The zero-order chi connectivity index (χ0) is 13.2. The molecule has 3 rings (SSSR count). The summed E-state index contributed by atoms with van der Waals surface area (Å²) in [7, 11) is 0. The molecule has 2 aliphatic rings. The second-order valence-electron chi connectivity index (χ2n) is 6.28. The molecule has 1 saturated carbocycles. The highest BCUT2D eigenvalue weighted by Gasteiger charge is 2.27. The smallest absolute Gasteiger partial charge is 0.115 e. The van der Waals surface area contributed by atoms with E-state index in [1.807, 2.05) is 12.1 Å². The Morgan fingerprint density at radius 2 is 2.16 bits per heavy atom. The van der Waals surface area contributed by atoms with Crippen LogP contribution in [0.3, 0.4) is 0 Å². The van der Waals surface area contributed by atoms with Gasteiger partial charge in [0.15, 0.2) is 0 Å². The van der Waals surface area contributed by atoms with Crippen molar-refractivity contribution in [3.05, 3.63) is 29.3 Å². The number of phenolic OH excluding ortho intramolecular Hbond substituents is 1. The van der Waals surface area contributed by atoms with Gasteiger partial charge in [-0.05, 0) is 61.3 Å². The summed E-state index contributed by atoms with van der Waals surface area (Å²) in [5.74, 6) is 1.38. The fourth-order valence-electron chi connectivity index (χ4n) is 3.35. The summed E-state index contributed by atoms with van der Waals surface area (Å²) < 4.78 is 0. The van der Waals surface area contributed by atoms with Crippen LogP contribution in [0.25, 0.3) is 0 Å². The molecular weight excluding hydrogens is 234 g/mol. The monoisotopic (exact) mass is 259 g/mol. The maximum Gasteiger partial charge on any atom is 0.115 e. The number of nitrogens with one attached hydrogen (secondary N) is 1. The van der Waals surface area contributed by atoms with Crippen LogP contribution in [0, 0.1) is 5.92 Å². The van der Waals surface area contributed by atoms with E-state index in [1.54, 1.807) is 0 Å². The van der Waals surface area contributed by atoms with E-state index in [-0.39, 0.29) is 0 Å². The Labute approximate surface area is 116 Å². The van der Waals surface area contributed by atoms with Crippen molar-refractivity contribution in [2.45, 2.75) is 64.0 Å². The van der Waals surface area contributed by atoms with Crippen molar-refractivity contribution >= 4 is 0 Å². The second kappa shape index (κ2) is 5.54. The van der Waals surface area contributed by atoms with Crippen LogP contribution in [-0.2, 0) is 6.42 Å². The number of phenols is 1. The predicted molar refractivity (Wildman–Crippen MR) is 78.3 cm³/mol. The molecular formula is C17H25NO. The first kappa shape index (κ1) is 13.0. The van der Waals surface area contributed by atoms with Crippen molar-refractivity contribution in [2.24, 2.45) is 5.92 Å². The number of rotatable bonds is 5.